The highest BCUT2D eigenvalue weighted by molar-refractivity contribution is 9.13. The van der Waals surface area contributed by atoms with Gasteiger partial charge in [0.15, 0.2) is 0 Å². The van der Waals surface area contributed by atoms with Crippen molar-refractivity contribution in [1.29, 1.82) is 0 Å². The normalized spacial score (nSPS) is 40.0. The van der Waals surface area contributed by atoms with Gasteiger partial charge in [-0.3, -0.25) is 0 Å². The number of fused-ring (bicyclic) bond motifs is 5. The minimum absolute atomic E-state index is 0.832. The second kappa shape index (κ2) is 4.32. The first-order chi connectivity index (χ1) is 8.74. The molecular weight excluding hydrogens is 354 g/mol. The quantitative estimate of drug-likeness (QED) is 0.834. The molecule has 4 atom stereocenters. The second-order valence-corrected chi connectivity index (χ2v) is 7.85. The van der Waals surface area contributed by atoms with E-state index >= 15 is 0 Å². The zero-order valence-electron chi connectivity index (χ0n) is 10.2. The SMILES string of the molecule is Brc1ccc(CNC2C3C4CCC(C4)C23)cc1Br. The number of rotatable bonds is 3. The third-order valence-electron chi connectivity index (χ3n) is 5.26. The molecule has 1 N–H and O–H groups in total. The number of hydrogen-bond acceptors (Lipinski definition) is 1. The molecule has 18 heavy (non-hydrogen) atoms. The summed E-state index contributed by atoms with van der Waals surface area (Å²) in [6, 6.07) is 7.37. The first-order valence-electron chi connectivity index (χ1n) is 6.91. The van der Waals surface area contributed by atoms with Gasteiger partial charge in [-0.05, 0) is 92.5 Å². The zero-order chi connectivity index (χ0) is 12.3. The highest BCUT2D eigenvalue weighted by atomic mass is 79.9. The highest BCUT2D eigenvalue weighted by Gasteiger charge is 2.64. The molecule has 4 unspecified atom stereocenters. The maximum atomic E-state index is 3.79. The van der Waals surface area contributed by atoms with Crippen molar-refractivity contribution in [3.05, 3.63) is 32.7 Å². The Bertz CT molecular complexity index is 471. The predicted octanol–water partition coefficient (Wildman–Crippen LogP) is 4.35. The molecule has 0 amide bonds. The minimum atomic E-state index is 0.832. The fourth-order valence-electron chi connectivity index (χ4n) is 4.48. The standard InChI is InChI=1S/C15H17Br2N/c16-11-4-1-8(5-12(11)17)7-18-15-13-9-2-3-10(6-9)14(13)15/h1,4-5,9-10,13-15,18H,2-3,6-7H2. The van der Waals surface area contributed by atoms with Crippen molar-refractivity contribution in [3.63, 3.8) is 0 Å². The van der Waals surface area contributed by atoms with Crippen molar-refractivity contribution in [2.24, 2.45) is 23.7 Å². The van der Waals surface area contributed by atoms with Crippen LogP contribution in [0.25, 0.3) is 0 Å². The fraction of sp³-hybridized carbons (Fsp3) is 0.600. The van der Waals surface area contributed by atoms with Crippen molar-refractivity contribution < 1.29 is 0 Å². The maximum Gasteiger partial charge on any atom is 0.0320 e. The van der Waals surface area contributed by atoms with Gasteiger partial charge in [0.2, 0.25) is 0 Å². The van der Waals surface area contributed by atoms with E-state index < -0.39 is 0 Å². The molecule has 0 saturated heterocycles. The zero-order valence-corrected chi connectivity index (χ0v) is 13.4. The Balaban J connectivity index is 1.39. The third kappa shape index (κ3) is 1.82. The van der Waals surface area contributed by atoms with Crippen molar-refractivity contribution in [1.82, 2.24) is 5.32 Å². The number of benzene rings is 1. The van der Waals surface area contributed by atoms with E-state index in [0.29, 0.717) is 0 Å². The topological polar surface area (TPSA) is 12.0 Å². The molecule has 0 heterocycles. The second-order valence-electron chi connectivity index (χ2n) is 6.14. The van der Waals surface area contributed by atoms with Crippen LogP contribution in [-0.4, -0.2) is 6.04 Å². The Morgan fingerprint density at radius 3 is 2.44 bits per heavy atom. The molecule has 0 aromatic heterocycles. The lowest BCUT2D eigenvalue weighted by atomic mass is 10.0. The van der Waals surface area contributed by atoms with E-state index in [1.807, 2.05) is 0 Å². The van der Waals surface area contributed by atoms with Crippen molar-refractivity contribution in [2.45, 2.75) is 31.8 Å². The highest BCUT2D eigenvalue weighted by Crippen LogP contribution is 2.65. The van der Waals surface area contributed by atoms with Gasteiger partial charge in [0.1, 0.15) is 0 Å². The molecule has 3 fully saturated rings. The number of nitrogens with one attached hydrogen (secondary N) is 1. The van der Waals surface area contributed by atoms with E-state index in [-0.39, 0.29) is 0 Å². The van der Waals surface area contributed by atoms with Gasteiger partial charge in [-0.2, -0.15) is 0 Å². The van der Waals surface area contributed by atoms with Gasteiger partial charge in [0, 0.05) is 21.5 Å². The van der Waals surface area contributed by atoms with E-state index in [9.17, 15) is 0 Å². The van der Waals surface area contributed by atoms with Crippen LogP contribution in [-0.2, 0) is 6.54 Å². The molecular formula is C15H17Br2N. The third-order valence-corrected chi connectivity index (χ3v) is 7.14. The molecule has 1 nitrogen and oxygen atoms in total. The monoisotopic (exact) mass is 369 g/mol. The first-order valence-corrected chi connectivity index (χ1v) is 8.50. The Morgan fingerprint density at radius 2 is 1.78 bits per heavy atom. The Morgan fingerprint density at radius 1 is 1.06 bits per heavy atom. The van der Waals surface area contributed by atoms with Crippen molar-refractivity contribution >= 4 is 31.9 Å². The van der Waals surface area contributed by atoms with Gasteiger partial charge in [-0.1, -0.05) is 6.07 Å². The van der Waals surface area contributed by atoms with E-state index in [2.05, 4.69) is 55.4 Å². The van der Waals surface area contributed by atoms with Crippen LogP contribution in [0.15, 0.2) is 27.1 Å². The molecule has 1 aromatic carbocycles. The molecule has 96 valence electrons. The smallest absolute Gasteiger partial charge is 0.0320 e. The molecule has 0 radical (unpaired) electrons. The summed E-state index contributed by atoms with van der Waals surface area (Å²) < 4.78 is 2.28. The van der Waals surface area contributed by atoms with Crippen LogP contribution >= 0.6 is 31.9 Å². The van der Waals surface area contributed by atoms with Gasteiger partial charge in [0.25, 0.3) is 0 Å². The van der Waals surface area contributed by atoms with Crippen LogP contribution in [0.4, 0.5) is 0 Å². The summed E-state index contributed by atoms with van der Waals surface area (Å²) in [5, 5.41) is 3.79. The molecule has 1 aromatic rings. The Hall–Kier alpha value is 0.140. The fourth-order valence-corrected chi connectivity index (χ4v) is 5.16. The van der Waals surface area contributed by atoms with Gasteiger partial charge in [-0.15, -0.1) is 0 Å². The van der Waals surface area contributed by atoms with E-state index in [1.54, 1.807) is 0 Å². The van der Waals surface area contributed by atoms with Crippen LogP contribution < -0.4 is 5.32 Å². The van der Waals surface area contributed by atoms with Gasteiger partial charge in [0.05, 0.1) is 0 Å². The lowest BCUT2D eigenvalue weighted by Crippen LogP contribution is -2.22. The van der Waals surface area contributed by atoms with Crippen LogP contribution in [0, 0.1) is 23.7 Å². The predicted molar refractivity (Wildman–Crippen MR) is 80.3 cm³/mol. The summed E-state index contributed by atoms with van der Waals surface area (Å²) in [7, 11) is 0. The van der Waals surface area contributed by atoms with Gasteiger partial charge < -0.3 is 5.32 Å². The lowest BCUT2D eigenvalue weighted by molar-refractivity contribution is 0.456. The molecule has 0 aliphatic heterocycles. The van der Waals surface area contributed by atoms with Crippen molar-refractivity contribution in [3.8, 4) is 0 Å². The molecule has 3 aliphatic carbocycles. The van der Waals surface area contributed by atoms with Crippen LogP contribution in [0.5, 0.6) is 0 Å². The lowest BCUT2D eigenvalue weighted by Gasteiger charge is -2.11. The number of halogens is 2. The Labute approximate surface area is 125 Å². The van der Waals surface area contributed by atoms with Gasteiger partial charge in [-0.25, -0.2) is 0 Å². The largest absolute Gasteiger partial charge is 0.309 e. The molecule has 4 rings (SSSR count). The summed E-state index contributed by atoms with van der Waals surface area (Å²) >= 11 is 7.09. The first kappa shape index (κ1) is 11.9. The molecule has 0 spiro atoms. The van der Waals surface area contributed by atoms with E-state index in [4.69, 9.17) is 0 Å². The van der Waals surface area contributed by atoms with Crippen LogP contribution in [0.1, 0.15) is 24.8 Å². The summed E-state index contributed by atoms with van der Waals surface area (Å²) in [4.78, 5) is 0. The maximum absolute atomic E-state index is 3.79. The van der Waals surface area contributed by atoms with E-state index in [0.717, 1.165) is 45.2 Å². The van der Waals surface area contributed by atoms with Crippen LogP contribution in [0.2, 0.25) is 0 Å². The molecule has 3 heteroatoms. The molecule has 2 bridgehead atoms. The van der Waals surface area contributed by atoms with Gasteiger partial charge >= 0.3 is 0 Å². The van der Waals surface area contributed by atoms with E-state index in [1.165, 1.54) is 24.8 Å². The van der Waals surface area contributed by atoms with Crippen LogP contribution in [0.3, 0.4) is 0 Å². The summed E-state index contributed by atoms with van der Waals surface area (Å²) in [6.45, 7) is 1.02. The average molecular weight is 371 g/mol. The molecule has 3 saturated carbocycles. The Kier molecular flexibility index (Phi) is 2.86. The minimum Gasteiger partial charge on any atom is -0.309 e. The summed E-state index contributed by atoms with van der Waals surface area (Å²) in [5.41, 5.74) is 1.38. The average Bonchev–Trinajstić information content (AvgIpc) is 2.76. The van der Waals surface area contributed by atoms with Crippen molar-refractivity contribution in [2.75, 3.05) is 0 Å². The summed E-state index contributed by atoms with van der Waals surface area (Å²) in [6.07, 6.45) is 4.55. The molecule has 3 aliphatic rings. The number of hydrogen-bond donors (Lipinski definition) is 1. The summed E-state index contributed by atoms with van der Waals surface area (Å²) in [5.74, 6) is 4.19.